The molecule has 2 rings (SSSR count). The molecule has 108 valence electrons. The fourth-order valence-corrected chi connectivity index (χ4v) is 3.41. The lowest BCUT2D eigenvalue weighted by Crippen LogP contribution is -2.82. The largest absolute Gasteiger partial charge is 0.480 e. The fourth-order valence-electron chi connectivity index (χ4n) is 3.41. The molecule has 4 N–H and O–H groups in total. The van der Waals surface area contributed by atoms with Gasteiger partial charge in [0.05, 0.1) is 6.10 Å². The lowest BCUT2D eigenvalue weighted by atomic mass is 9.46. The van der Waals surface area contributed by atoms with Crippen LogP contribution >= 0.6 is 0 Å². The molecule has 19 heavy (non-hydrogen) atoms. The third-order valence-electron chi connectivity index (χ3n) is 4.78. The second-order valence-corrected chi connectivity index (χ2v) is 6.16. The molecule has 1 amide bonds. The molecular formula is C13H22N2O4. The minimum Gasteiger partial charge on any atom is -0.480 e. The Morgan fingerprint density at radius 1 is 1.47 bits per heavy atom. The number of hydrogen-bond acceptors (Lipinski definition) is 4. The molecule has 1 heterocycles. The molecule has 1 saturated heterocycles. The van der Waals surface area contributed by atoms with Crippen molar-refractivity contribution in [3.05, 3.63) is 0 Å². The van der Waals surface area contributed by atoms with Gasteiger partial charge in [0.15, 0.2) is 0 Å². The Labute approximate surface area is 112 Å². The van der Waals surface area contributed by atoms with Gasteiger partial charge in [0.25, 0.3) is 0 Å². The molecule has 0 bridgehead atoms. The summed E-state index contributed by atoms with van der Waals surface area (Å²) in [7, 11) is 0. The van der Waals surface area contributed by atoms with Gasteiger partial charge < -0.3 is 20.9 Å². The number of fused-ring (bicyclic) bond motifs is 1. The van der Waals surface area contributed by atoms with Gasteiger partial charge in [0.2, 0.25) is 5.91 Å². The number of carboxylic acids is 1. The lowest BCUT2D eigenvalue weighted by Gasteiger charge is -2.65. The van der Waals surface area contributed by atoms with E-state index < -0.39 is 23.0 Å². The Bertz CT molecular complexity index is 409. The zero-order valence-electron chi connectivity index (χ0n) is 11.6. The van der Waals surface area contributed by atoms with Gasteiger partial charge in [-0.2, -0.15) is 0 Å². The fraction of sp³-hybridized carbons (Fsp3) is 0.846. The van der Waals surface area contributed by atoms with E-state index in [4.69, 9.17) is 15.6 Å². The van der Waals surface area contributed by atoms with Crippen molar-refractivity contribution in [2.45, 2.75) is 51.3 Å². The summed E-state index contributed by atoms with van der Waals surface area (Å²) in [4.78, 5) is 23.2. The summed E-state index contributed by atoms with van der Waals surface area (Å²) < 4.78 is 5.71. The Morgan fingerprint density at radius 2 is 2.11 bits per heavy atom. The van der Waals surface area contributed by atoms with Crippen LogP contribution in [0.1, 0.15) is 33.6 Å². The molecule has 0 radical (unpaired) electrons. The van der Waals surface area contributed by atoms with Gasteiger partial charge in [-0.25, -0.2) is 0 Å². The highest BCUT2D eigenvalue weighted by Gasteiger charge is 2.70. The molecule has 1 saturated carbocycles. The number of ether oxygens (including phenoxy) is 1. The van der Waals surface area contributed by atoms with Crippen molar-refractivity contribution in [3.63, 3.8) is 0 Å². The number of nitrogens with one attached hydrogen (secondary N) is 1. The van der Waals surface area contributed by atoms with Crippen molar-refractivity contribution in [3.8, 4) is 0 Å². The summed E-state index contributed by atoms with van der Waals surface area (Å²) in [5.74, 6) is -1.48. The number of rotatable bonds is 3. The Kier molecular flexibility index (Phi) is 3.35. The van der Waals surface area contributed by atoms with Crippen LogP contribution in [0.3, 0.4) is 0 Å². The van der Waals surface area contributed by atoms with Gasteiger partial charge in [-0.05, 0) is 19.8 Å². The van der Waals surface area contributed by atoms with E-state index in [0.29, 0.717) is 6.61 Å². The molecule has 0 aromatic heterocycles. The van der Waals surface area contributed by atoms with Crippen LogP contribution in [0.25, 0.3) is 0 Å². The second-order valence-electron chi connectivity index (χ2n) is 6.16. The van der Waals surface area contributed by atoms with Crippen LogP contribution in [-0.2, 0) is 14.3 Å². The average Bonchev–Trinajstić information content (AvgIpc) is 2.37. The van der Waals surface area contributed by atoms with Gasteiger partial charge in [0.1, 0.15) is 11.6 Å². The van der Waals surface area contributed by atoms with E-state index >= 15 is 0 Å². The summed E-state index contributed by atoms with van der Waals surface area (Å²) in [5.41, 5.74) is 4.80. The normalized spacial score (nSPS) is 37.7. The SMILES string of the molecule is CC(NC(=O)C1(N)C2CCCOC2C1(C)C)C(=O)O. The molecule has 1 aliphatic carbocycles. The van der Waals surface area contributed by atoms with Gasteiger partial charge in [0, 0.05) is 17.9 Å². The number of aliphatic carboxylic acids is 1. The standard InChI is InChI=1S/C13H22N2O4/c1-7(10(16)17)15-11(18)13(14)8-5-4-6-19-9(8)12(13,2)3/h7-9H,4-6,14H2,1-3H3,(H,15,18)(H,16,17). The third kappa shape index (κ3) is 1.85. The van der Waals surface area contributed by atoms with Gasteiger partial charge in [-0.3, -0.25) is 9.59 Å². The average molecular weight is 270 g/mol. The van der Waals surface area contributed by atoms with Crippen LogP contribution in [0.4, 0.5) is 0 Å². The molecule has 1 aliphatic heterocycles. The number of hydrogen-bond donors (Lipinski definition) is 3. The van der Waals surface area contributed by atoms with Crippen LogP contribution in [0, 0.1) is 11.3 Å². The van der Waals surface area contributed by atoms with E-state index in [0.717, 1.165) is 12.8 Å². The molecule has 4 unspecified atom stereocenters. The van der Waals surface area contributed by atoms with E-state index in [-0.39, 0.29) is 17.9 Å². The highest BCUT2D eigenvalue weighted by molar-refractivity contribution is 5.92. The molecule has 6 heteroatoms. The zero-order chi connectivity index (χ0) is 14.4. The van der Waals surface area contributed by atoms with Crippen molar-refractivity contribution in [2.75, 3.05) is 6.61 Å². The quantitative estimate of drug-likeness (QED) is 0.675. The van der Waals surface area contributed by atoms with Crippen LogP contribution < -0.4 is 11.1 Å². The van der Waals surface area contributed by atoms with Crippen LogP contribution in [0.15, 0.2) is 0 Å². The topological polar surface area (TPSA) is 102 Å². The van der Waals surface area contributed by atoms with E-state index in [1.54, 1.807) is 0 Å². The zero-order valence-corrected chi connectivity index (χ0v) is 11.6. The lowest BCUT2D eigenvalue weighted by molar-refractivity contribution is -0.225. The van der Waals surface area contributed by atoms with Gasteiger partial charge >= 0.3 is 5.97 Å². The smallest absolute Gasteiger partial charge is 0.325 e. The third-order valence-corrected chi connectivity index (χ3v) is 4.78. The first-order valence-corrected chi connectivity index (χ1v) is 6.67. The predicted octanol–water partition coefficient (Wildman–Crippen LogP) is 0.108. The molecule has 4 atom stereocenters. The predicted molar refractivity (Wildman–Crippen MR) is 68.4 cm³/mol. The highest BCUT2D eigenvalue weighted by atomic mass is 16.5. The Balaban J connectivity index is 2.17. The summed E-state index contributed by atoms with van der Waals surface area (Å²) in [6, 6.07) is -0.938. The van der Waals surface area contributed by atoms with Crippen molar-refractivity contribution in [2.24, 2.45) is 17.1 Å². The van der Waals surface area contributed by atoms with E-state index in [9.17, 15) is 9.59 Å². The van der Waals surface area contributed by atoms with Crippen molar-refractivity contribution < 1.29 is 19.4 Å². The minimum absolute atomic E-state index is 0.0165. The van der Waals surface area contributed by atoms with Crippen molar-refractivity contribution in [1.29, 1.82) is 0 Å². The minimum atomic E-state index is -1.06. The first kappa shape index (κ1) is 14.3. The first-order chi connectivity index (χ1) is 8.73. The highest BCUT2D eigenvalue weighted by Crippen LogP contribution is 2.57. The van der Waals surface area contributed by atoms with E-state index in [2.05, 4.69) is 5.32 Å². The summed E-state index contributed by atoms with van der Waals surface area (Å²) >= 11 is 0. The van der Waals surface area contributed by atoms with Gasteiger partial charge in [-0.1, -0.05) is 13.8 Å². The number of carbonyl (C=O) groups is 2. The maximum Gasteiger partial charge on any atom is 0.325 e. The van der Waals surface area contributed by atoms with Gasteiger partial charge in [-0.15, -0.1) is 0 Å². The maximum absolute atomic E-state index is 12.4. The Hall–Kier alpha value is -1.14. The second kappa shape index (κ2) is 4.45. The van der Waals surface area contributed by atoms with Crippen molar-refractivity contribution >= 4 is 11.9 Å². The summed E-state index contributed by atoms with van der Waals surface area (Å²) in [5, 5.41) is 11.4. The summed E-state index contributed by atoms with van der Waals surface area (Å²) in [6.45, 7) is 5.95. The van der Waals surface area contributed by atoms with Crippen LogP contribution in [0.2, 0.25) is 0 Å². The van der Waals surface area contributed by atoms with E-state index in [1.165, 1.54) is 6.92 Å². The Morgan fingerprint density at radius 3 is 2.68 bits per heavy atom. The van der Waals surface area contributed by atoms with Crippen LogP contribution in [0.5, 0.6) is 0 Å². The molecular weight excluding hydrogens is 248 g/mol. The number of carboxylic acid groups (broad SMARTS) is 1. The van der Waals surface area contributed by atoms with Crippen molar-refractivity contribution in [1.82, 2.24) is 5.32 Å². The monoisotopic (exact) mass is 270 g/mol. The maximum atomic E-state index is 12.4. The number of nitrogens with two attached hydrogens (primary N) is 1. The molecule has 6 nitrogen and oxygen atoms in total. The molecule has 2 aliphatic rings. The summed E-state index contributed by atoms with van der Waals surface area (Å²) in [6.07, 6.45) is 1.72. The molecule has 0 spiro atoms. The molecule has 0 aromatic carbocycles. The number of carbonyl (C=O) groups excluding carboxylic acids is 1. The van der Waals surface area contributed by atoms with Crippen LogP contribution in [-0.4, -0.2) is 41.3 Å². The number of amides is 1. The molecule has 0 aromatic rings. The first-order valence-electron chi connectivity index (χ1n) is 6.67. The van der Waals surface area contributed by atoms with E-state index in [1.807, 2.05) is 13.8 Å². The molecule has 2 fully saturated rings.